The molecule has 9 aromatic carbocycles. The van der Waals surface area contributed by atoms with E-state index < -0.39 is 0 Å². The minimum absolute atomic E-state index is 0.0235. The van der Waals surface area contributed by atoms with Crippen LogP contribution >= 0.6 is 0 Å². The third-order valence-corrected chi connectivity index (χ3v) is 14.8. The Labute approximate surface area is 395 Å². The molecule has 0 N–H and O–H groups in total. The summed E-state index contributed by atoms with van der Waals surface area (Å²) < 4.78 is 16.9. The van der Waals surface area contributed by atoms with Crippen LogP contribution in [0.3, 0.4) is 0 Å². The highest BCUT2D eigenvalue weighted by molar-refractivity contribution is 6.90. The molecule has 68 heavy (non-hydrogen) atoms. The summed E-state index contributed by atoms with van der Waals surface area (Å²) in [5.41, 5.74) is 19.6. The van der Waals surface area contributed by atoms with E-state index in [0.29, 0.717) is 0 Å². The van der Waals surface area contributed by atoms with Crippen molar-refractivity contribution in [1.82, 2.24) is 4.48 Å². The zero-order valence-corrected chi connectivity index (χ0v) is 39.1. The van der Waals surface area contributed by atoms with Gasteiger partial charge in [-0.1, -0.05) is 139 Å². The molecule has 3 aromatic heterocycles. The van der Waals surface area contributed by atoms with Crippen molar-refractivity contribution in [3.8, 4) is 11.1 Å². The van der Waals surface area contributed by atoms with Gasteiger partial charge in [-0.3, -0.25) is 0 Å². The number of hydrogen-bond acceptors (Lipinski definition) is 4. The van der Waals surface area contributed by atoms with Gasteiger partial charge in [-0.2, -0.15) is 0 Å². The van der Waals surface area contributed by atoms with Gasteiger partial charge in [0.25, 0.3) is 0 Å². The largest absolute Gasteiger partial charge is 0.454 e. The van der Waals surface area contributed by atoms with Gasteiger partial charge in [-0.25, -0.2) is 0 Å². The first-order valence-electron chi connectivity index (χ1n) is 23.9. The summed E-state index contributed by atoms with van der Waals surface area (Å²) in [7, 11) is 0. The fourth-order valence-corrected chi connectivity index (χ4v) is 11.5. The van der Waals surface area contributed by atoms with E-state index in [1.54, 1.807) is 0 Å². The Hall–Kier alpha value is -7.96. The van der Waals surface area contributed by atoms with Crippen molar-refractivity contribution in [3.05, 3.63) is 193 Å². The summed E-state index contributed by atoms with van der Waals surface area (Å²) in [4.78, 5) is 4.85. The number of rotatable bonds is 4. The second-order valence-corrected chi connectivity index (χ2v) is 20.9. The first-order chi connectivity index (χ1) is 33.0. The maximum absolute atomic E-state index is 7.25. The Balaban J connectivity index is 1.18. The zero-order chi connectivity index (χ0) is 45.8. The monoisotopic (exact) mass is 877 g/mol. The van der Waals surface area contributed by atoms with Crippen LogP contribution in [0.15, 0.2) is 191 Å². The third-order valence-electron chi connectivity index (χ3n) is 14.8. The van der Waals surface area contributed by atoms with Gasteiger partial charge in [-0.15, -0.1) is 0 Å². The van der Waals surface area contributed by atoms with Crippen LogP contribution in [0, 0.1) is 0 Å². The van der Waals surface area contributed by atoms with Crippen LogP contribution in [0.2, 0.25) is 0 Å². The first kappa shape index (κ1) is 39.2. The average Bonchev–Trinajstić information content (AvgIpc) is 4.03. The van der Waals surface area contributed by atoms with Gasteiger partial charge in [0.15, 0.2) is 11.2 Å². The summed E-state index contributed by atoms with van der Waals surface area (Å²) in [6.07, 6.45) is 0. The number of fused-ring (bicyclic) bond motifs is 14. The van der Waals surface area contributed by atoms with Crippen molar-refractivity contribution in [3.63, 3.8) is 0 Å². The van der Waals surface area contributed by atoms with E-state index in [0.717, 1.165) is 78.0 Å². The molecule has 14 rings (SSSR count). The Morgan fingerprint density at radius 2 is 1.06 bits per heavy atom. The van der Waals surface area contributed by atoms with Crippen LogP contribution in [0.1, 0.15) is 52.7 Å². The molecule has 6 heteroatoms. The fourth-order valence-electron chi connectivity index (χ4n) is 11.5. The second-order valence-electron chi connectivity index (χ2n) is 20.9. The Bertz CT molecular complexity index is 4030. The molecule has 0 atom stereocenters. The van der Waals surface area contributed by atoms with E-state index in [1.165, 1.54) is 55.0 Å². The standard InChI is InChI=1S/C62H48BN3O2/c1-61(2,3)37-28-31-51-45(32-37)47-33-38(62(4,5)6)34-48-46-36-49-43-23-14-16-27-55(43)68-60(49)58-56(46)63(66(51)57(47)48)50-30-29-41(64(39-18-9-7-10-19-39)40-20-11-8-12-21-40)35-53(50)65(58)52-25-17-24-44-42-22-13-15-26-54(42)67-59(44)52/h7-36H,1-6H3. The molecule has 0 fully saturated rings. The van der Waals surface area contributed by atoms with Gasteiger partial charge < -0.3 is 23.1 Å². The average molecular weight is 878 g/mol. The number of aromatic nitrogens is 1. The molecule has 0 saturated heterocycles. The quantitative estimate of drug-likeness (QED) is 0.165. The van der Waals surface area contributed by atoms with Crippen molar-refractivity contribution in [2.45, 2.75) is 52.4 Å². The van der Waals surface area contributed by atoms with Crippen molar-refractivity contribution < 1.29 is 8.83 Å². The lowest BCUT2D eigenvalue weighted by atomic mass is 9.45. The topological polar surface area (TPSA) is 37.7 Å². The number of anilines is 6. The van der Waals surface area contributed by atoms with E-state index in [1.807, 2.05) is 0 Å². The van der Waals surface area contributed by atoms with Crippen molar-refractivity contribution in [2.75, 3.05) is 9.80 Å². The van der Waals surface area contributed by atoms with E-state index in [4.69, 9.17) is 8.83 Å². The molecular weight excluding hydrogens is 830 g/mol. The normalized spacial score (nSPS) is 13.4. The Morgan fingerprint density at radius 1 is 0.441 bits per heavy atom. The molecule has 5 heterocycles. The molecule has 12 aromatic rings. The summed E-state index contributed by atoms with van der Waals surface area (Å²) >= 11 is 0. The zero-order valence-electron chi connectivity index (χ0n) is 39.1. The second kappa shape index (κ2) is 13.8. The van der Waals surface area contributed by atoms with Crippen LogP contribution in [0.5, 0.6) is 0 Å². The molecule has 0 unspecified atom stereocenters. The molecular formula is C62H48BN3O2. The van der Waals surface area contributed by atoms with Gasteiger partial charge in [-0.05, 0) is 123 Å². The molecule has 0 aliphatic carbocycles. The highest BCUT2D eigenvalue weighted by atomic mass is 16.3. The van der Waals surface area contributed by atoms with Crippen molar-refractivity contribution in [1.29, 1.82) is 0 Å². The molecule has 0 radical (unpaired) electrons. The highest BCUT2D eigenvalue weighted by Crippen LogP contribution is 2.53. The van der Waals surface area contributed by atoms with Gasteiger partial charge in [0, 0.05) is 71.7 Å². The van der Waals surface area contributed by atoms with E-state index >= 15 is 0 Å². The summed E-state index contributed by atoms with van der Waals surface area (Å²) in [6.45, 7) is 13.8. The van der Waals surface area contributed by atoms with Crippen LogP contribution in [0.4, 0.5) is 34.1 Å². The number of benzene rings is 9. The molecule has 0 amide bonds. The lowest BCUT2D eigenvalue weighted by Gasteiger charge is -2.41. The van der Waals surface area contributed by atoms with E-state index in [-0.39, 0.29) is 17.7 Å². The minimum atomic E-state index is -0.192. The number of furan rings is 2. The molecule has 5 nitrogen and oxygen atoms in total. The third kappa shape index (κ3) is 5.46. The van der Waals surface area contributed by atoms with E-state index in [2.05, 4.69) is 238 Å². The van der Waals surface area contributed by atoms with Crippen LogP contribution < -0.4 is 20.7 Å². The lowest BCUT2D eigenvalue weighted by Crippen LogP contribution is -2.56. The predicted molar refractivity (Wildman–Crippen MR) is 287 cm³/mol. The minimum Gasteiger partial charge on any atom is -0.454 e. The number of nitrogens with zero attached hydrogens (tertiary/aromatic N) is 3. The van der Waals surface area contributed by atoms with Gasteiger partial charge in [0.2, 0.25) is 0 Å². The summed E-state index contributed by atoms with van der Waals surface area (Å²) in [6, 6.07) is 66.7. The molecule has 2 aliphatic heterocycles. The molecule has 0 saturated carbocycles. The maximum atomic E-state index is 7.25. The molecule has 326 valence electrons. The summed E-state index contributed by atoms with van der Waals surface area (Å²) in [5.74, 6) is 0. The van der Waals surface area contributed by atoms with Crippen LogP contribution in [-0.4, -0.2) is 11.3 Å². The van der Waals surface area contributed by atoms with Gasteiger partial charge in [0.1, 0.15) is 11.2 Å². The number of para-hydroxylation sites is 5. The fraction of sp³-hybridized carbons (Fsp3) is 0.129. The van der Waals surface area contributed by atoms with E-state index in [9.17, 15) is 0 Å². The Kier molecular flexibility index (Phi) is 7.96. The summed E-state index contributed by atoms with van der Waals surface area (Å²) in [5, 5.41) is 6.95. The molecule has 0 spiro atoms. The van der Waals surface area contributed by atoms with Crippen LogP contribution in [-0.2, 0) is 10.8 Å². The first-order valence-corrected chi connectivity index (χ1v) is 23.9. The van der Waals surface area contributed by atoms with Gasteiger partial charge >= 0.3 is 6.85 Å². The highest BCUT2D eigenvalue weighted by Gasteiger charge is 2.46. The lowest BCUT2D eigenvalue weighted by molar-refractivity contribution is 0.590. The van der Waals surface area contributed by atoms with Crippen LogP contribution in [0.25, 0.3) is 76.8 Å². The maximum Gasteiger partial charge on any atom is 0.333 e. The smallest absolute Gasteiger partial charge is 0.333 e. The predicted octanol–water partition coefficient (Wildman–Crippen LogP) is 16.1. The van der Waals surface area contributed by atoms with Gasteiger partial charge in [0.05, 0.1) is 11.4 Å². The molecule has 2 aliphatic rings. The van der Waals surface area contributed by atoms with Crippen molar-refractivity contribution >= 4 is 118 Å². The Morgan fingerprint density at radius 3 is 1.75 bits per heavy atom. The number of hydrogen-bond donors (Lipinski definition) is 0. The molecule has 0 bridgehead atoms. The van der Waals surface area contributed by atoms with Crippen molar-refractivity contribution in [2.24, 2.45) is 0 Å². The SMILES string of the molecule is CC(C)(C)c1ccc2c(c1)c1cc(C(C)(C)C)cc3c1n2B1c2ccc(N(c4ccccc4)c4ccccc4)cc2N(c2cccc4c2oc2ccccc24)c2c1c-3cc1c2oc2ccccc21.